The minimum atomic E-state index is -0.337. The number of carbonyl (C=O) groups excluding carboxylic acids is 1. The quantitative estimate of drug-likeness (QED) is 0.465. The molecule has 0 fully saturated rings. The van der Waals surface area contributed by atoms with Crippen LogP contribution in [0.5, 0.6) is 5.75 Å². The molecule has 1 aromatic heterocycles. The van der Waals surface area contributed by atoms with Crippen molar-refractivity contribution < 1.29 is 9.53 Å². The minimum absolute atomic E-state index is 0.337. The van der Waals surface area contributed by atoms with Crippen molar-refractivity contribution in [1.29, 1.82) is 0 Å². The molecule has 0 spiro atoms. The van der Waals surface area contributed by atoms with Gasteiger partial charge in [-0.3, -0.25) is 0 Å². The van der Waals surface area contributed by atoms with Gasteiger partial charge >= 0.3 is 5.97 Å². The average Bonchev–Trinajstić information content (AvgIpc) is 2.86. The van der Waals surface area contributed by atoms with E-state index in [4.69, 9.17) is 4.74 Å². The van der Waals surface area contributed by atoms with Crippen LogP contribution >= 0.6 is 11.3 Å². The van der Waals surface area contributed by atoms with Crippen LogP contribution in [-0.2, 0) is 4.79 Å². The first-order chi connectivity index (χ1) is 9.69. The van der Waals surface area contributed by atoms with Crippen LogP contribution < -0.4 is 4.74 Å². The smallest absolute Gasteiger partial charge is 0.335 e. The number of allylic oxidation sites excluding steroid dienone is 1. The Balaban J connectivity index is 2.00. The third kappa shape index (κ3) is 4.03. The number of nitrogens with zero attached hydrogens (tertiary/aromatic N) is 1. The van der Waals surface area contributed by atoms with E-state index in [-0.39, 0.29) is 5.97 Å². The van der Waals surface area contributed by atoms with Crippen molar-refractivity contribution in [3.8, 4) is 16.3 Å². The van der Waals surface area contributed by atoms with Crippen molar-refractivity contribution in [3.05, 3.63) is 47.5 Å². The van der Waals surface area contributed by atoms with Crippen LogP contribution in [0.2, 0.25) is 0 Å². The molecule has 3 nitrogen and oxygen atoms in total. The first-order valence-electron chi connectivity index (χ1n) is 6.60. The Hall–Kier alpha value is -1.94. The summed E-state index contributed by atoms with van der Waals surface area (Å²) in [6.07, 6.45) is 7.06. The number of esters is 1. The third-order valence-electron chi connectivity index (χ3n) is 2.65. The molecule has 2 aromatic rings. The molecule has 0 bridgehead atoms. The van der Waals surface area contributed by atoms with E-state index in [9.17, 15) is 4.79 Å². The maximum atomic E-state index is 11.5. The highest BCUT2D eigenvalue weighted by atomic mass is 32.1. The van der Waals surface area contributed by atoms with Crippen LogP contribution in [0.25, 0.3) is 10.6 Å². The molecule has 0 unspecified atom stereocenters. The molecule has 1 heterocycles. The second kappa shape index (κ2) is 7.01. The summed E-state index contributed by atoms with van der Waals surface area (Å²) in [7, 11) is 0. The lowest BCUT2D eigenvalue weighted by atomic mass is 10.2. The number of thiazole rings is 1. The lowest BCUT2D eigenvalue weighted by Gasteiger charge is -2.02. The molecular formula is C16H17NO2S. The monoisotopic (exact) mass is 287 g/mol. The summed E-state index contributed by atoms with van der Waals surface area (Å²) in [6.45, 7) is 4.09. The molecule has 1 aromatic carbocycles. The average molecular weight is 287 g/mol. The first kappa shape index (κ1) is 14.5. The zero-order valence-corrected chi connectivity index (χ0v) is 12.4. The van der Waals surface area contributed by atoms with Crippen molar-refractivity contribution in [3.63, 3.8) is 0 Å². The maximum Gasteiger partial charge on any atom is 0.335 e. The fourth-order valence-electron chi connectivity index (χ4n) is 1.65. The molecule has 20 heavy (non-hydrogen) atoms. The summed E-state index contributed by atoms with van der Waals surface area (Å²) in [4.78, 5) is 17.0. The minimum Gasteiger partial charge on any atom is -0.423 e. The van der Waals surface area contributed by atoms with Crippen molar-refractivity contribution in [2.24, 2.45) is 0 Å². The second-order valence-corrected chi connectivity index (χ2v) is 5.65. The van der Waals surface area contributed by atoms with Gasteiger partial charge in [0.2, 0.25) is 0 Å². The fourth-order valence-corrected chi connectivity index (χ4v) is 2.42. The van der Waals surface area contributed by atoms with Gasteiger partial charge in [-0.15, -0.1) is 11.3 Å². The number of unbranched alkanes of at least 4 members (excludes halogenated alkanes) is 1. The number of ether oxygens (including phenoxy) is 1. The predicted molar refractivity (Wildman–Crippen MR) is 82.0 cm³/mol. The Morgan fingerprint density at radius 2 is 2.10 bits per heavy atom. The van der Waals surface area contributed by atoms with Gasteiger partial charge in [0.05, 0.1) is 0 Å². The molecule has 0 N–H and O–H groups in total. The molecule has 0 atom stereocenters. The molecule has 0 aliphatic carbocycles. The first-order valence-corrected chi connectivity index (χ1v) is 7.42. The molecule has 0 amide bonds. The Morgan fingerprint density at radius 1 is 1.35 bits per heavy atom. The van der Waals surface area contributed by atoms with Crippen LogP contribution in [0.3, 0.4) is 0 Å². The van der Waals surface area contributed by atoms with Gasteiger partial charge in [-0.05, 0) is 37.6 Å². The lowest BCUT2D eigenvalue weighted by Crippen LogP contribution is -2.03. The molecule has 0 saturated carbocycles. The van der Waals surface area contributed by atoms with Crippen molar-refractivity contribution in [1.82, 2.24) is 4.98 Å². The Labute approximate surface area is 122 Å². The Bertz CT molecular complexity index is 599. The van der Waals surface area contributed by atoms with Crippen LogP contribution in [0, 0.1) is 6.92 Å². The van der Waals surface area contributed by atoms with Gasteiger partial charge in [0.1, 0.15) is 10.8 Å². The van der Waals surface area contributed by atoms with Gasteiger partial charge in [-0.25, -0.2) is 9.78 Å². The second-order valence-electron chi connectivity index (χ2n) is 4.41. The van der Waals surface area contributed by atoms with E-state index in [1.165, 1.54) is 11.0 Å². The number of hydrogen-bond acceptors (Lipinski definition) is 4. The van der Waals surface area contributed by atoms with Crippen molar-refractivity contribution in [2.45, 2.75) is 26.7 Å². The number of aromatic nitrogens is 1. The van der Waals surface area contributed by atoms with Crippen LogP contribution in [-0.4, -0.2) is 11.0 Å². The van der Waals surface area contributed by atoms with Gasteiger partial charge in [-0.2, -0.15) is 0 Å². The van der Waals surface area contributed by atoms with E-state index in [2.05, 4.69) is 11.9 Å². The van der Waals surface area contributed by atoms with E-state index in [0.29, 0.717) is 5.75 Å². The molecule has 4 heteroatoms. The highest BCUT2D eigenvalue weighted by molar-refractivity contribution is 7.14. The molecular weight excluding hydrogens is 270 g/mol. The van der Waals surface area contributed by atoms with E-state index in [1.807, 2.05) is 31.3 Å². The normalized spacial score (nSPS) is 10.9. The lowest BCUT2D eigenvalue weighted by molar-refractivity contribution is -0.129. The molecule has 0 aliphatic rings. The molecule has 104 valence electrons. The van der Waals surface area contributed by atoms with Gasteiger partial charge in [0.25, 0.3) is 0 Å². The number of hydrogen-bond donors (Lipinski definition) is 0. The maximum absolute atomic E-state index is 11.5. The number of carbonyl (C=O) groups is 1. The standard InChI is InChI=1S/C16H17NO2S/c1-3-4-5-6-15(18)19-14-9-7-13(8-10-14)16-17-11-12(2)20-16/h5-11H,3-4H2,1-2H3/b6-5+. The zero-order valence-electron chi connectivity index (χ0n) is 11.6. The van der Waals surface area contributed by atoms with E-state index in [1.54, 1.807) is 23.5 Å². The van der Waals surface area contributed by atoms with Gasteiger partial charge in [-0.1, -0.05) is 19.4 Å². The fraction of sp³-hybridized carbons (Fsp3) is 0.250. The number of aryl methyl sites for hydroxylation is 1. The largest absolute Gasteiger partial charge is 0.423 e. The Morgan fingerprint density at radius 3 is 2.70 bits per heavy atom. The summed E-state index contributed by atoms with van der Waals surface area (Å²) < 4.78 is 5.21. The molecule has 0 saturated heterocycles. The zero-order chi connectivity index (χ0) is 14.4. The summed E-state index contributed by atoms with van der Waals surface area (Å²) in [6, 6.07) is 7.41. The summed E-state index contributed by atoms with van der Waals surface area (Å²) in [5, 5.41) is 0.975. The predicted octanol–water partition coefficient (Wildman–Crippen LogP) is 4.38. The SMILES string of the molecule is CCC/C=C/C(=O)Oc1ccc(-c2ncc(C)s2)cc1. The third-order valence-corrected chi connectivity index (χ3v) is 3.61. The van der Waals surface area contributed by atoms with Crippen LogP contribution in [0.15, 0.2) is 42.6 Å². The topological polar surface area (TPSA) is 39.2 Å². The summed E-state index contributed by atoms with van der Waals surface area (Å²) >= 11 is 1.64. The van der Waals surface area contributed by atoms with Gasteiger partial charge in [0, 0.05) is 22.7 Å². The van der Waals surface area contributed by atoms with E-state index < -0.39 is 0 Å². The van der Waals surface area contributed by atoms with Crippen molar-refractivity contribution >= 4 is 17.3 Å². The molecule has 0 radical (unpaired) electrons. The number of benzene rings is 1. The molecule has 0 aliphatic heterocycles. The van der Waals surface area contributed by atoms with Crippen LogP contribution in [0.1, 0.15) is 24.6 Å². The van der Waals surface area contributed by atoms with Crippen LogP contribution in [0.4, 0.5) is 0 Å². The summed E-state index contributed by atoms with van der Waals surface area (Å²) in [5.41, 5.74) is 1.03. The highest BCUT2D eigenvalue weighted by Crippen LogP contribution is 2.26. The van der Waals surface area contributed by atoms with E-state index in [0.717, 1.165) is 23.4 Å². The Kier molecular flexibility index (Phi) is 5.07. The van der Waals surface area contributed by atoms with E-state index >= 15 is 0 Å². The highest BCUT2D eigenvalue weighted by Gasteiger charge is 2.04. The van der Waals surface area contributed by atoms with Gasteiger partial charge < -0.3 is 4.74 Å². The number of rotatable bonds is 5. The van der Waals surface area contributed by atoms with Gasteiger partial charge in [0.15, 0.2) is 0 Å². The molecule has 2 rings (SSSR count). The summed E-state index contributed by atoms with van der Waals surface area (Å²) in [5.74, 6) is 0.212. The van der Waals surface area contributed by atoms with Crippen molar-refractivity contribution in [2.75, 3.05) is 0 Å².